The lowest BCUT2D eigenvalue weighted by molar-refractivity contribution is -0.361. The summed E-state index contributed by atoms with van der Waals surface area (Å²) in [6.07, 6.45) is -8.77. The highest BCUT2D eigenvalue weighted by atomic mass is 16.7. The van der Waals surface area contributed by atoms with E-state index in [1.165, 1.54) is 12.3 Å². The van der Waals surface area contributed by atoms with Gasteiger partial charge < -0.3 is 69.0 Å². The fourth-order valence-corrected chi connectivity index (χ4v) is 11.2. The Hall–Kier alpha value is -1.86. The standard InChI is InChI=1S/C36H52O15/c1-17-30(51-32-28(43)26(41)25(40)23(14-37)50-32)27(42)29(44)31(48-17)49-19-5-10-34(16-38)21-6-9-33(2)20(18-3-4-24(39)47-15-18)8-12-36(33,46)22(21)7-11-35(34,45)13-19/h3-4,15-17,19-23,25-32,37,40-46H,5-14H2,1-2H3/t17-,19-,20-,21+,22-,23-,25-,26+,27+,28-,29-,30+,31+,32+,33+,34-,35+,36-/m0/s1. The minimum absolute atomic E-state index is 0.0215. The summed E-state index contributed by atoms with van der Waals surface area (Å²) < 4.78 is 28.4. The summed E-state index contributed by atoms with van der Waals surface area (Å²) >= 11 is 0. The number of aliphatic hydroxyl groups excluding tert-OH is 6. The molecule has 18 atom stereocenters. The highest BCUT2D eigenvalue weighted by Crippen LogP contribution is 2.71. The number of hydrogen-bond acceptors (Lipinski definition) is 15. The van der Waals surface area contributed by atoms with Gasteiger partial charge in [-0.05, 0) is 87.7 Å². The van der Waals surface area contributed by atoms with Gasteiger partial charge in [-0.3, -0.25) is 0 Å². The van der Waals surface area contributed by atoms with Crippen LogP contribution >= 0.6 is 0 Å². The smallest absolute Gasteiger partial charge is 0.335 e. The molecule has 4 aliphatic carbocycles. The van der Waals surface area contributed by atoms with E-state index < -0.39 is 102 Å². The molecule has 1 aromatic heterocycles. The van der Waals surface area contributed by atoms with Crippen LogP contribution in [0.5, 0.6) is 0 Å². The molecule has 2 aliphatic heterocycles. The molecule has 286 valence electrons. The van der Waals surface area contributed by atoms with Gasteiger partial charge in [0.2, 0.25) is 0 Å². The van der Waals surface area contributed by atoms with Gasteiger partial charge in [-0.15, -0.1) is 0 Å². The number of aldehydes is 1. The van der Waals surface area contributed by atoms with Gasteiger partial charge in [0.1, 0.15) is 49.0 Å². The Morgan fingerprint density at radius 1 is 0.843 bits per heavy atom. The van der Waals surface area contributed by atoms with Gasteiger partial charge in [0.25, 0.3) is 0 Å². The van der Waals surface area contributed by atoms with Crippen LogP contribution in [0.2, 0.25) is 0 Å². The lowest BCUT2D eigenvalue weighted by Crippen LogP contribution is -2.69. The van der Waals surface area contributed by atoms with Gasteiger partial charge >= 0.3 is 5.63 Å². The van der Waals surface area contributed by atoms with Gasteiger partial charge in [-0.2, -0.15) is 0 Å². The third-order valence-electron chi connectivity index (χ3n) is 14.1. The Kier molecular flexibility index (Phi) is 9.89. The Morgan fingerprint density at radius 2 is 1.55 bits per heavy atom. The van der Waals surface area contributed by atoms with Crippen molar-refractivity contribution >= 4 is 6.29 Å². The second-order valence-electron chi connectivity index (χ2n) is 16.3. The van der Waals surface area contributed by atoms with Crippen LogP contribution < -0.4 is 5.63 Å². The van der Waals surface area contributed by atoms with Crippen molar-refractivity contribution in [3.05, 3.63) is 34.4 Å². The SMILES string of the molecule is C[C@@H]1O[C@H](O[C@H]2CC[C@]3(C=O)[C@@H]4CC[C@]5(C)[C@H](c6ccc(=O)oc6)CC[C@]5(O)[C@H]4CC[C@@]3(O)C2)[C@@H](O)[C@@H](O)[C@@H]1O[C@H]1O[C@@H](CO)[C@H](O)[C@@H](O)[C@@H]1O. The van der Waals surface area contributed by atoms with E-state index in [2.05, 4.69) is 6.92 Å². The summed E-state index contributed by atoms with van der Waals surface area (Å²) in [5.41, 5.74) is -3.71. The van der Waals surface area contributed by atoms with Crippen LogP contribution in [0.25, 0.3) is 0 Å². The zero-order chi connectivity index (χ0) is 36.7. The first-order valence-electron chi connectivity index (χ1n) is 18.3. The molecule has 0 aromatic carbocycles. The van der Waals surface area contributed by atoms with Crippen LogP contribution in [-0.4, -0.2) is 132 Å². The Morgan fingerprint density at radius 3 is 2.24 bits per heavy atom. The summed E-state index contributed by atoms with van der Waals surface area (Å²) in [6.45, 7) is 2.98. The number of ether oxygens (including phenoxy) is 4. The van der Waals surface area contributed by atoms with Gasteiger partial charge in [0.05, 0.1) is 41.7 Å². The minimum atomic E-state index is -1.72. The van der Waals surface area contributed by atoms with E-state index >= 15 is 0 Å². The number of rotatable bonds is 7. The third kappa shape index (κ3) is 5.70. The van der Waals surface area contributed by atoms with Crippen molar-refractivity contribution in [3.8, 4) is 0 Å². The fourth-order valence-electron chi connectivity index (χ4n) is 11.2. The van der Waals surface area contributed by atoms with Crippen LogP contribution in [0.1, 0.15) is 83.1 Å². The maximum atomic E-state index is 13.2. The lowest BCUT2D eigenvalue weighted by Gasteiger charge is -2.65. The highest BCUT2D eigenvalue weighted by Gasteiger charge is 2.71. The van der Waals surface area contributed by atoms with E-state index in [4.69, 9.17) is 23.4 Å². The molecular formula is C36H52O15. The zero-order valence-electron chi connectivity index (χ0n) is 28.9. The van der Waals surface area contributed by atoms with Gasteiger partial charge in [-0.1, -0.05) is 6.92 Å². The van der Waals surface area contributed by atoms with Crippen molar-refractivity contribution in [1.82, 2.24) is 0 Å². The predicted octanol–water partition coefficient (Wildman–Crippen LogP) is -0.788. The molecule has 3 heterocycles. The molecule has 4 saturated carbocycles. The van der Waals surface area contributed by atoms with Crippen molar-refractivity contribution in [2.24, 2.45) is 22.7 Å². The largest absolute Gasteiger partial charge is 0.431 e. The molecule has 2 saturated heterocycles. The molecule has 0 bridgehead atoms. The maximum Gasteiger partial charge on any atom is 0.335 e. The molecule has 15 nitrogen and oxygen atoms in total. The number of hydrogen-bond donors (Lipinski definition) is 8. The monoisotopic (exact) mass is 724 g/mol. The summed E-state index contributed by atoms with van der Waals surface area (Å²) in [7, 11) is 0. The van der Waals surface area contributed by atoms with Gasteiger partial charge in [0, 0.05) is 17.9 Å². The van der Waals surface area contributed by atoms with Crippen molar-refractivity contribution in [2.75, 3.05) is 6.61 Å². The van der Waals surface area contributed by atoms with E-state index in [0.717, 1.165) is 11.8 Å². The fraction of sp³-hybridized carbons (Fsp3) is 0.833. The van der Waals surface area contributed by atoms with Crippen LogP contribution in [0, 0.1) is 22.7 Å². The number of carbonyl (C=O) groups excluding carboxylic acids is 1. The van der Waals surface area contributed by atoms with E-state index in [9.17, 15) is 50.4 Å². The average Bonchev–Trinajstić information content (AvgIpc) is 3.39. The highest BCUT2D eigenvalue weighted by molar-refractivity contribution is 5.64. The minimum Gasteiger partial charge on any atom is -0.431 e. The molecule has 8 N–H and O–H groups in total. The third-order valence-corrected chi connectivity index (χ3v) is 14.1. The van der Waals surface area contributed by atoms with Gasteiger partial charge in [0.15, 0.2) is 12.6 Å². The molecular weight excluding hydrogens is 672 g/mol. The molecule has 6 aliphatic rings. The van der Waals surface area contributed by atoms with E-state index in [0.29, 0.717) is 44.9 Å². The molecule has 0 spiro atoms. The summed E-state index contributed by atoms with van der Waals surface area (Å²) in [5.74, 6) is -0.509. The first-order valence-corrected chi connectivity index (χ1v) is 18.3. The second kappa shape index (κ2) is 13.5. The Bertz CT molecular complexity index is 1470. The summed E-state index contributed by atoms with van der Waals surface area (Å²) in [6, 6.07) is 3.17. The topological polar surface area (TPSA) is 246 Å². The Balaban J connectivity index is 1.03. The van der Waals surface area contributed by atoms with Crippen molar-refractivity contribution in [2.45, 2.75) is 156 Å². The predicted molar refractivity (Wildman–Crippen MR) is 173 cm³/mol. The Labute approximate surface area is 295 Å². The molecule has 6 fully saturated rings. The van der Waals surface area contributed by atoms with E-state index in [1.54, 1.807) is 13.0 Å². The lowest BCUT2D eigenvalue weighted by atomic mass is 9.41. The van der Waals surface area contributed by atoms with Crippen molar-refractivity contribution in [3.63, 3.8) is 0 Å². The molecule has 51 heavy (non-hydrogen) atoms. The number of aliphatic hydroxyl groups is 8. The zero-order valence-corrected chi connectivity index (χ0v) is 28.9. The molecule has 0 radical (unpaired) electrons. The van der Waals surface area contributed by atoms with Crippen molar-refractivity contribution < 1.29 is 69.0 Å². The maximum absolute atomic E-state index is 13.2. The molecule has 0 amide bonds. The van der Waals surface area contributed by atoms with E-state index in [-0.39, 0.29) is 30.6 Å². The molecule has 15 heteroatoms. The van der Waals surface area contributed by atoms with Crippen LogP contribution in [0.3, 0.4) is 0 Å². The van der Waals surface area contributed by atoms with Crippen LogP contribution in [-0.2, 0) is 23.7 Å². The number of carbonyl (C=O) groups is 1. The quantitative estimate of drug-likeness (QED) is 0.127. The molecule has 7 rings (SSSR count). The normalized spacial score (nSPS) is 52.7. The summed E-state index contributed by atoms with van der Waals surface area (Å²) in [4.78, 5) is 24.8. The average molecular weight is 725 g/mol. The number of fused-ring (bicyclic) bond motifs is 5. The van der Waals surface area contributed by atoms with Crippen LogP contribution in [0.4, 0.5) is 0 Å². The van der Waals surface area contributed by atoms with Crippen LogP contribution in [0.15, 0.2) is 27.6 Å². The summed E-state index contributed by atoms with van der Waals surface area (Å²) in [5, 5.41) is 87.1. The molecule has 1 aromatic rings. The first kappa shape index (κ1) is 37.5. The first-order chi connectivity index (χ1) is 24.1. The van der Waals surface area contributed by atoms with E-state index in [1.807, 2.05) is 0 Å². The van der Waals surface area contributed by atoms with Gasteiger partial charge in [-0.25, -0.2) is 4.79 Å². The second-order valence-corrected chi connectivity index (χ2v) is 16.3. The van der Waals surface area contributed by atoms with Crippen molar-refractivity contribution in [1.29, 1.82) is 0 Å². The molecule has 0 unspecified atom stereocenters.